The number of ketones is 1. The summed E-state index contributed by atoms with van der Waals surface area (Å²) in [7, 11) is -6.01. The van der Waals surface area contributed by atoms with Gasteiger partial charge in [-0.1, -0.05) is 24.3 Å². The van der Waals surface area contributed by atoms with E-state index in [0.29, 0.717) is 18.1 Å². The molecule has 0 amide bonds. The molecule has 25 heavy (non-hydrogen) atoms. The minimum absolute atomic E-state index is 0.0649. The molecule has 1 aliphatic heterocycles. The fourth-order valence-electron chi connectivity index (χ4n) is 2.46. The molecule has 0 bridgehead atoms. The zero-order valence-corrected chi connectivity index (χ0v) is 13.1. The summed E-state index contributed by atoms with van der Waals surface area (Å²) >= 11 is 0. The Balaban J connectivity index is 1.95. The maximum absolute atomic E-state index is 12.4. The van der Waals surface area contributed by atoms with Gasteiger partial charge in [-0.15, -0.1) is 0 Å². The van der Waals surface area contributed by atoms with E-state index in [-0.39, 0.29) is 17.8 Å². The summed E-state index contributed by atoms with van der Waals surface area (Å²) in [5.41, 5.74) is -4.45. The molecular formula is C15H9F3O6S. The fourth-order valence-corrected chi connectivity index (χ4v) is 2.91. The van der Waals surface area contributed by atoms with Crippen LogP contribution >= 0.6 is 0 Å². The number of hydrogen-bond donors (Lipinski definition) is 0. The summed E-state index contributed by atoms with van der Waals surface area (Å²) < 4.78 is 67.5. The molecule has 6 nitrogen and oxygen atoms in total. The largest absolute Gasteiger partial charge is 0.534 e. The molecule has 2 aliphatic rings. The van der Waals surface area contributed by atoms with Gasteiger partial charge in [-0.2, -0.15) is 21.6 Å². The monoisotopic (exact) mass is 374 g/mol. The van der Waals surface area contributed by atoms with Gasteiger partial charge in [0.15, 0.2) is 5.78 Å². The first-order chi connectivity index (χ1) is 11.6. The van der Waals surface area contributed by atoms with Gasteiger partial charge in [-0.05, 0) is 18.4 Å². The number of Topliss-reactive ketones (excluding diaryl/α,β-unsaturated/α-hetero) is 1. The van der Waals surface area contributed by atoms with Crippen LogP contribution < -0.4 is 0 Å². The first kappa shape index (κ1) is 17.2. The summed E-state index contributed by atoms with van der Waals surface area (Å²) in [6.45, 7) is 0. The van der Waals surface area contributed by atoms with Gasteiger partial charge in [0.25, 0.3) is 0 Å². The van der Waals surface area contributed by atoms with Gasteiger partial charge in [0.2, 0.25) is 5.76 Å². The van der Waals surface area contributed by atoms with Crippen molar-refractivity contribution >= 4 is 21.9 Å². The first-order valence-electron chi connectivity index (χ1n) is 6.90. The second-order valence-electron chi connectivity index (χ2n) is 5.21. The smallest absolute Gasteiger partial charge is 0.420 e. The number of ether oxygens (including phenoxy) is 1. The molecule has 0 atom stereocenters. The highest BCUT2D eigenvalue weighted by atomic mass is 32.2. The van der Waals surface area contributed by atoms with E-state index >= 15 is 0 Å². The van der Waals surface area contributed by atoms with E-state index < -0.39 is 33.1 Å². The summed E-state index contributed by atoms with van der Waals surface area (Å²) in [4.78, 5) is 24.0. The van der Waals surface area contributed by atoms with E-state index in [1.165, 1.54) is 0 Å². The zero-order valence-electron chi connectivity index (χ0n) is 12.3. The molecule has 3 rings (SSSR count). The summed E-state index contributed by atoms with van der Waals surface area (Å²) in [6.07, 6.45) is 1.34. The zero-order chi connectivity index (χ0) is 18.4. The van der Waals surface area contributed by atoms with Crippen LogP contribution in [0.1, 0.15) is 22.3 Å². The van der Waals surface area contributed by atoms with Crippen molar-refractivity contribution in [3.8, 4) is 0 Å². The van der Waals surface area contributed by atoms with Gasteiger partial charge in [0.05, 0.1) is 0 Å². The molecule has 10 heteroatoms. The number of halogens is 3. The lowest BCUT2D eigenvalue weighted by atomic mass is 9.86. The average molecular weight is 374 g/mol. The topological polar surface area (TPSA) is 86.7 Å². The molecule has 0 unspecified atom stereocenters. The number of aryl methyl sites for hydroxylation is 1. The number of allylic oxidation sites excluding steroid dienone is 2. The minimum Gasteiger partial charge on any atom is -0.420 e. The van der Waals surface area contributed by atoms with Gasteiger partial charge in [0, 0.05) is 17.2 Å². The average Bonchev–Trinajstić information content (AvgIpc) is 2.87. The third-order valence-corrected chi connectivity index (χ3v) is 4.59. The van der Waals surface area contributed by atoms with Crippen LogP contribution in [0.4, 0.5) is 13.2 Å². The van der Waals surface area contributed by atoms with Crippen molar-refractivity contribution in [2.45, 2.75) is 18.3 Å². The molecule has 0 spiro atoms. The molecule has 0 radical (unpaired) electrons. The Bertz CT molecular complexity index is 940. The number of cyclic esters (lactones) is 1. The van der Waals surface area contributed by atoms with E-state index in [9.17, 15) is 31.2 Å². The lowest BCUT2D eigenvalue weighted by molar-refractivity contribution is -0.135. The predicted octanol–water partition coefficient (Wildman–Crippen LogP) is 2.38. The van der Waals surface area contributed by atoms with E-state index in [2.05, 4.69) is 4.18 Å². The highest BCUT2D eigenvalue weighted by molar-refractivity contribution is 7.87. The SMILES string of the molecule is O=C1O/C(=C2\CCc3ccccc3C2=O)C=C1OS(=O)(=O)C(F)(F)F. The molecule has 132 valence electrons. The van der Waals surface area contributed by atoms with Crippen LogP contribution in [0.25, 0.3) is 0 Å². The number of fused-ring (bicyclic) bond motifs is 1. The van der Waals surface area contributed by atoms with Crippen molar-refractivity contribution < 1.29 is 40.1 Å². The second-order valence-corrected chi connectivity index (χ2v) is 6.75. The van der Waals surface area contributed by atoms with Gasteiger partial charge in [-0.25, -0.2) is 4.79 Å². The van der Waals surface area contributed by atoms with Crippen LogP contribution in [0.5, 0.6) is 0 Å². The van der Waals surface area contributed by atoms with Gasteiger partial charge < -0.3 is 8.92 Å². The molecule has 0 aromatic heterocycles. The fraction of sp³-hybridized carbons (Fsp3) is 0.200. The molecular weight excluding hydrogens is 365 g/mol. The Morgan fingerprint density at radius 3 is 2.44 bits per heavy atom. The second kappa shape index (κ2) is 5.73. The third-order valence-electron chi connectivity index (χ3n) is 3.63. The van der Waals surface area contributed by atoms with Crippen molar-refractivity contribution in [1.29, 1.82) is 0 Å². The standard InChI is InChI=1S/C15H9F3O6S/c16-15(17,18)25(21,22)24-12-7-11(23-14(12)20)10-6-5-8-3-1-2-4-9(8)13(10)19/h1-4,7H,5-6H2/b11-10+. The molecule has 0 fully saturated rings. The van der Waals surface area contributed by atoms with E-state index in [1.807, 2.05) is 0 Å². The molecule has 1 aromatic rings. The van der Waals surface area contributed by atoms with E-state index in [4.69, 9.17) is 4.74 Å². The number of esters is 1. The Morgan fingerprint density at radius 1 is 1.08 bits per heavy atom. The molecule has 0 saturated carbocycles. The van der Waals surface area contributed by atoms with Gasteiger partial charge in [-0.3, -0.25) is 4.79 Å². The van der Waals surface area contributed by atoms with Gasteiger partial charge >= 0.3 is 21.6 Å². The number of carbonyl (C=O) groups is 2. The lowest BCUT2D eigenvalue weighted by Crippen LogP contribution is -2.26. The normalized spacial score (nSPS) is 20.8. The molecule has 0 N–H and O–H groups in total. The van der Waals surface area contributed by atoms with Crippen molar-refractivity contribution in [2.75, 3.05) is 0 Å². The molecule has 1 aliphatic carbocycles. The van der Waals surface area contributed by atoms with E-state index in [1.54, 1.807) is 24.3 Å². The van der Waals surface area contributed by atoms with Crippen LogP contribution in [0.15, 0.2) is 47.4 Å². The number of carbonyl (C=O) groups excluding carboxylic acids is 2. The Hall–Kier alpha value is -2.62. The third kappa shape index (κ3) is 3.04. The van der Waals surface area contributed by atoms with Crippen LogP contribution in [-0.4, -0.2) is 25.7 Å². The highest BCUT2D eigenvalue weighted by Gasteiger charge is 2.50. The summed E-state index contributed by atoms with van der Waals surface area (Å²) in [5.74, 6) is -3.31. The van der Waals surface area contributed by atoms with Crippen molar-refractivity contribution in [3.63, 3.8) is 0 Å². The minimum atomic E-state index is -6.01. The Kier molecular flexibility index (Phi) is 3.94. The number of hydrogen-bond acceptors (Lipinski definition) is 6. The molecule has 0 saturated heterocycles. The number of rotatable bonds is 2. The predicted molar refractivity (Wildman–Crippen MR) is 76.4 cm³/mol. The summed E-state index contributed by atoms with van der Waals surface area (Å²) in [5, 5.41) is 0. The highest BCUT2D eigenvalue weighted by Crippen LogP contribution is 2.33. The number of alkyl halides is 3. The maximum Gasteiger partial charge on any atom is 0.534 e. The van der Waals surface area contributed by atoms with Crippen LogP contribution in [0.3, 0.4) is 0 Å². The van der Waals surface area contributed by atoms with Crippen LogP contribution in [0, 0.1) is 0 Å². The van der Waals surface area contributed by atoms with Crippen molar-refractivity contribution in [3.05, 3.63) is 58.6 Å². The Labute approximate surface area is 139 Å². The molecule has 1 aromatic carbocycles. The Morgan fingerprint density at radius 2 is 1.76 bits per heavy atom. The van der Waals surface area contributed by atoms with Crippen molar-refractivity contribution in [2.24, 2.45) is 0 Å². The van der Waals surface area contributed by atoms with Crippen molar-refractivity contribution in [1.82, 2.24) is 0 Å². The van der Waals surface area contributed by atoms with Crippen LogP contribution in [0.2, 0.25) is 0 Å². The quantitative estimate of drug-likeness (QED) is 0.342. The lowest BCUT2D eigenvalue weighted by Gasteiger charge is -2.17. The van der Waals surface area contributed by atoms with E-state index in [0.717, 1.165) is 5.56 Å². The van der Waals surface area contributed by atoms with Crippen LogP contribution in [-0.2, 0) is 30.3 Å². The first-order valence-corrected chi connectivity index (χ1v) is 8.31. The summed E-state index contributed by atoms with van der Waals surface area (Å²) in [6, 6.07) is 6.73. The number of benzene rings is 1. The molecule has 1 heterocycles. The van der Waals surface area contributed by atoms with Gasteiger partial charge in [0.1, 0.15) is 5.76 Å². The maximum atomic E-state index is 12.4.